The molecule has 58 valence electrons. The fourth-order valence-corrected chi connectivity index (χ4v) is 1.02. The molecule has 0 aromatic carbocycles. The van der Waals surface area contributed by atoms with E-state index in [2.05, 4.69) is 5.32 Å². The first-order chi connectivity index (χ1) is 4.69. The van der Waals surface area contributed by atoms with Crippen LogP contribution in [0.2, 0.25) is 0 Å². The van der Waals surface area contributed by atoms with Gasteiger partial charge in [0.15, 0.2) is 11.9 Å². The van der Waals surface area contributed by atoms with Crippen molar-refractivity contribution < 1.29 is 15.0 Å². The summed E-state index contributed by atoms with van der Waals surface area (Å²) in [6.07, 6.45) is -0.0924. The van der Waals surface area contributed by atoms with Gasteiger partial charge >= 0.3 is 0 Å². The van der Waals surface area contributed by atoms with Crippen molar-refractivity contribution in [1.82, 2.24) is 5.32 Å². The lowest BCUT2D eigenvalue weighted by Crippen LogP contribution is -2.56. The van der Waals surface area contributed by atoms with Crippen molar-refractivity contribution in [2.24, 2.45) is 0 Å². The summed E-state index contributed by atoms with van der Waals surface area (Å²) in [6.45, 7) is 0.801. The second kappa shape index (κ2) is 2.65. The van der Waals surface area contributed by atoms with Crippen molar-refractivity contribution in [2.45, 2.75) is 18.1 Å². The van der Waals surface area contributed by atoms with E-state index in [-0.39, 0.29) is 6.54 Å². The molecule has 0 aromatic rings. The first-order valence-corrected chi connectivity index (χ1v) is 3.26. The van der Waals surface area contributed by atoms with Gasteiger partial charge in [0.2, 0.25) is 0 Å². The molecule has 0 saturated carbocycles. The highest BCUT2D eigenvalue weighted by molar-refractivity contribution is 5.64. The smallest absolute Gasteiger partial charge is 0.158 e. The maximum atomic E-state index is 10.2. The van der Waals surface area contributed by atoms with Gasteiger partial charge in [0.05, 0.1) is 6.10 Å². The average Bonchev–Trinajstić information content (AvgIpc) is 1.96. The van der Waals surface area contributed by atoms with Gasteiger partial charge in [-0.1, -0.05) is 0 Å². The van der Waals surface area contributed by atoms with Gasteiger partial charge < -0.3 is 15.5 Å². The Morgan fingerprint density at radius 1 is 1.70 bits per heavy atom. The van der Waals surface area contributed by atoms with Crippen molar-refractivity contribution in [3.05, 3.63) is 0 Å². The Hall–Kier alpha value is -0.450. The van der Waals surface area contributed by atoms with Crippen LogP contribution in [0.25, 0.3) is 0 Å². The summed E-state index contributed by atoms with van der Waals surface area (Å²) in [5.41, 5.74) is -1.56. The largest absolute Gasteiger partial charge is 0.390 e. The molecule has 2 atom stereocenters. The fourth-order valence-electron chi connectivity index (χ4n) is 1.02. The lowest BCUT2D eigenvalue weighted by molar-refractivity contribution is -0.139. The number of β-amino-alcohol motifs (C(OH)–C–C–N with tert-alkyl or cyclic N) is 1. The molecule has 0 aromatic heterocycles. The van der Waals surface area contributed by atoms with Crippen molar-refractivity contribution in [2.75, 3.05) is 13.1 Å². The van der Waals surface area contributed by atoms with Gasteiger partial charge in [0.25, 0.3) is 0 Å². The van der Waals surface area contributed by atoms with Crippen LogP contribution >= 0.6 is 0 Å². The molecular formula is C6H11NO3. The molecular weight excluding hydrogens is 134 g/mol. The third kappa shape index (κ3) is 1.18. The molecule has 0 spiro atoms. The summed E-state index contributed by atoms with van der Waals surface area (Å²) < 4.78 is 0. The van der Waals surface area contributed by atoms with Gasteiger partial charge in [-0.05, 0) is 13.0 Å². The summed E-state index contributed by atoms with van der Waals surface area (Å²) in [4.78, 5) is 10.2. The SMILES string of the molecule is O=C[C@@]1(O)CNCC[C@@H]1O. The number of rotatable bonds is 1. The van der Waals surface area contributed by atoms with Crippen LogP contribution in [0.5, 0.6) is 0 Å². The number of piperidine rings is 1. The quantitative estimate of drug-likeness (QED) is 0.383. The Labute approximate surface area is 58.9 Å². The number of hydrogen-bond donors (Lipinski definition) is 3. The van der Waals surface area contributed by atoms with Gasteiger partial charge in [0.1, 0.15) is 0 Å². The van der Waals surface area contributed by atoms with E-state index in [1.807, 2.05) is 0 Å². The Bertz CT molecular complexity index is 139. The molecule has 0 radical (unpaired) electrons. The van der Waals surface area contributed by atoms with E-state index in [1.54, 1.807) is 0 Å². The first-order valence-electron chi connectivity index (χ1n) is 3.26. The topological polar surface area (TPSA) is 69.6 Å². The van der Waals surface area contributed by atoms with E-state index >= 15 is 0 Å². The summed E-state index contributed by atoms with van der Waals surface area (Å²) in [7, 11) is 0. The van der Waals surface area contributed by atoms with Gasteiger partial charge in [-0.15, -0.1) is 0 Å². The fraction of sp³-hybridized carbons (Fsp3) is 0.833. The summed E-state index contributed by atoms with van der Waals surface area (Å²) in [5, 5.41) is 21.2. The minimum Gasteiger partial charge on any atom is -0.390 e. The minimum atomic E-state index is -1.56. The highest BCUT2D eigenvalue weighted by Crippen LogP contribution is 2.13. The van der Waals surface area contributed by atoms with Crippen molar-refractivity contribution >= 4 is 6.29 Å². The maximum Gasteiger partial charge on any atom is 0.158 e. The van der Waals surface area contributed by atoms with Crippen LogP contribution in [0.4, 0.5) is 0 Å². The zero-order valence-corrected chi connectivity index (χ0v) is 5.58. The predicted molar refractivity (Wildman–Crippen MR) is 34.5 cm³/mol. The van der Waals surface area contributed by atoms with E-state index < -0.39 is 11.7 Å². The van der Waals surface area contributed by atoms with Crippen molar-refractivity contribution in [3.63, 3.8) is 0 Å². The second-order valence-electron chi connectivity index (χ2n) is 2.59. The van der Waals surface area contributed by atoms with E-state index in [0.29, 0.717) is 19.3 Å². The number of aliphatic hydroxyl groups excluding tert-OH is 1. The molecule has 1 heterocycles. The highest BCUT2D eigenvalue weighted by Gasteiger charge is 2.37. The van der Waals surface area contributed by atoms with E-state index in [1.165, 1.54) is 0 Å². The third-order valence-electron chi connectivity index (χ3n) is 1.78. The molecule has 0 aliphatic carbocycles. The van der Waals surface area contributed by atoms with Gasteiger partial charge in [0, 0.05) is 6.54 Å². The Balaban J connectivity index is 2.62. The number of carbonyl (C=O) groups is 1. The van der Waals surface area contributed by atoms with E-state index in [0.717, 1.165) is 0 Å². The molecule has 0 unspecified atom stereocenters. The first kappa shape index (κ1) is 7.65. The molecule has 1 rings (SSSR count). The molecule has 1 aliphatic heterocycles. The van der Waals surface area contributed by atoms with Gasteiger partial charge in [-0.2, -0.15) is 0 Å². The van der Waals surface area contributed by atoms with Crippen LogP contribution in [0.1, 0.15) is 6.42 Å². The third-order valence-corrected chi connectivity index (χ3v) is 1.78. The van der Waals surface area contributed by atoms with Gasteiger partial charge in [-0.3, -0.25) is 4.79 Å². The second-order valence-corrected chi connectivity index (χ2v) is 2.59. The Kier molecular flexibility index (Phi) is 2.03. The van der Waals surface area contributed by atoms with E-state index in [4.69, 9.17) is 5.11 Å². The molecule has 10 heavy (non-hydrogen) atoms. The molecule has 4 heteroatoms. The summed E-state index contributed by atoms with van der Waals surface area (Å²) >= 11 is 0. The van der Waals surface area contributed by atoms with Crippen LogP contribution in [0, 0.1) is 0 Å². The zero-order valence-electron chi connectivity index (χ0n) is 5.58. The molecule has 4 nitrogen and oxygen atoms in total. The van der Waals surface area contributed by atoms with Crippen LogP contribution in [0.3, 0.4) is 0 Å². The number of hydrogen-bond acceptors (Lipinski definition) is 4. The lowest BCUT2D eigenvalue weighted by Gasteiger charge is -2.32. The molecule has 3 N–H and O–H groups in total. The number of aliphatic hydroxyl groups is 2. The molecule has 1 saturated heterocycles. The summed E-state index contributed by atoms with van der Waals surface area (Å²) in [5.74, 6) is 0. The Morgan fingerprint density at radius 2 is 2.40 bits per heavy atom. The number of nitrogens with one attached hydrogen (secondary N) is 1. The lowest BCUT2D eigenvalue weighted by atomic mass is 9.93. The minimum absolute atomic E-state index is 0.150. The molecule has 0 bridgehead atoms. The highest BCUT2D eigenvalue weighted by atomic mass is 16.3. The van der Waals surface area contributed by atoms with Crippen LogP contribution in [-0.4, -0.2) is 41.3 Å². The standard InChI is InChI=1S/C6H11NO3/c8-4-6(10)3-7-2-1-5(6)9/h4-5,7,9-10H,1-3H2/t5-,6-/m0/s1. The predicted octanol–water partition coefficient (Wildman–Crippen LogP) is -1.73. The van der Waals surface area contributed by atoms with E-state index in [9.17, 15) is 9.90 Å². The molecule has 1 aliphatic rings. The van der Waals surface area contributed by atoms with Crippen LogP contribution < -0.4 is 5.32 Å². The molecule has 1 fully saturated rings. The normalized spacial score (nSPS) is 41.2. The average molecular weight is 145 g/mol. The van der Waals surface area contributed by atoms with Crippen molar-refractivity contribution in [3.8, 4) is 0 Å². The van der Waals surface area contributed by atoms with Gasteiger partial charge in [-0.25, -0.2) is 0 Å². The number of aldehydes is 1. The number of carbonyl (C=O) groups excluding carboxylic acids is 1. The van der Waals surface area contributed by atoms with Crippen molar-refractivity contribution in [1.29, 1.82) is 0 Å². The zero-order chi connectivity index (χ0) is 7.61. The van der Waals surface area contributed by atoms with Crippen LogP contribution in [0.15, 0.2) is 0 Å². The Morgan fingerprint density at radius 3 is 2.80 bits per heavy atom. The van der Waals surface area contributed by atoms with Crippen LogP contribution in [-0.2, 0) is 4.79 Å². The monoisotopic (exact) mass is 145 g/mol. The molecule has 0 amide bonds. The summed E-state index contributed by atoms with van der Waals surface area (Å²) in [6, 6.07) is 0. The maximum absolute atomic E-state index is 10.2.